The van der Waals surface area contributed by atoms with Gasteiger partial charge in [0.15, 0.2) is 6.54 Å². The number of nitrogens with two attached hydrogens (primary N) is 1. The highest BCUT2D eigenvalue weighted by Crippen LogP contribution is 2.08. The normalized spacial score (nSPS) is 11.0. The molecule has 0 radical (unpaired) electrons. The fourth-order valence-electron chi connectivity index (χ4n) is 0.947. The van der Waals surface area contributed by atoms with E-state index in [1.165, 1.54) is 0 Å². The molecule has 4 nitrogen and oxygen atoms in total. The van der Waals surface area contributed by atoms with Crippen LogP contribution in [0.25, 0.3) is 0 Å². The lowest BCUT2D eigenvalue weighted by Crippen LogP contribution is -2.41. The molecule has 0 fully saturated rings. The summed E-state index contributed by atoms with van der Waals surface area (Å²) in [7, 11) is 0. The van der Waals surface area contributed by atoms with E-state index in [0.29, 0.717) is 17.7 Å². The van der Waals surface area contributed by atoms with Crippen LogP contribution in [0.4, 0.5) is 5.88 Å². The predicted molar refractivity (Wildman–Crippen MR) is 45.5 cm³/mol. The summed E-state index contributed by atoms with van der Waals surface area (Å²) in [6, 6.07) is 0. The van der Waals surface area contributed by atoms with Crippen LogP contribution in [0.3, 0.4) is 0 Å². The van der Waals surface area contributed by atoms with E-state index in [1.54, 1.807) is 4.68 Å². The topological polar surface area (TPSA) is 55.9 Å². The molecular formula is C7H13ClN3O+. The predicted octanol–water partition coefficient (Wildman–Crippen LogP) is 0.939. The Morgan fingerprint density at radius 2 is 2.33 bits per heavy atom. The van der Waals surface area contributed by atoms with Crippen molar-refractivity contribution < 1.29 is 9.20 Å². The van der Waals surface area contributed by atoms with Gasteiger partial charge in [-0.25, -0.2) is 0 Å². The van der Waals surface area contributed by atoms with E-state index >= 15 is 0 Å². The van der Waals surface area contributed by atoms with E-state index in [-0.39, 0.29) is 0 Å². The molecule has 68 valence electrons. The molecule has 12 heavy (non-hydrogen) atoms. The zero-order chi connectivity index (χ0) is 9.14. The first-order valence-electron chi connectivity index (χ1n) is 3.85. The van der Waals surface area contributed by atoms with Gasteiger partial charge >= 0.3 is 0 Å². The Kier molecular flexibility index (Phi) is 2.92. The van der Waals surface area contributed by atoms with E-state index in [2.05, 4.69) is 19.1 Å². The van der Waals surface area contributed by atoms with Crippen molar-refractivity contribution in [3.63, 3.8) is 0 Å². The second-order valence-electron chi connectivity index (χ2n) is 3.09. The molecule has 0 aromatic carbocycles. The minimum Gasteiger partial charge on any atom is -0.362 e. The van der Waals surface area contributed by atoms with Crippen LogP contribution >= 0.6 is 11.6 Å². The summed E-state index contributed by atoms with van der Waals surface area (Å²) >= 11 is 5.66. The highest BCUT2D eigenvalue weighted by Gasteiger charge is 2.21. The van der Waals surface area contributed by atoms with Crippen molar-refractivity contribution in [1.29, 1.82) is 0 Å². The first-order chi connectivity index (χ1) is 5.65. The van der Waals surface area contributed by atoms with E-state index < -0.39 is 0 Å². The summed E-state index contributed by atoms with van der Waals surface area (Å²) < 4.78 is 6.50. The van der Waals surface area contributed by atoms with Gasteiger partial charge in [-0.3, -0.25) is 4.52 Å². The Morgan fingerprint density at radius 3 is 2.83 bits per heavy atom. The van der Waals surface area contributed by atoms with Crippen molar-refractivity contribution in [1.82, 2.24) is 5.27 Å². The summed E-state index contributed by atoms with van der Waals surface area (Å²) in [5.41, 5.74) is 6.25. The maximum Gasteiger partial charge on any atom is 0.297 e. The molecule has 1 rings (SSSR count). The average Bonchev–Trinajstić information content (AvgIpc) is 2.30. The SMILES string of the molecule is CC(C)C[n+]1noc(N)c1CCl. The molecule has 0 saturated heterocycles. The van der Waals surface area contributed by atoms with Gasteiger partial charge < -0.3 is 5.73 Å². The van der Waals surface area contributed by atoms with Crippen molar-refractivity contribution in [2.45, 2.75) is 26.3 Å². The van der Waals surface area contributed by atoms with Crippen molar-refractivity contribution in [3.8, 4) is 0 Å². The zero-order valence-corrected chi connectivity index (χ0v) is 8.01. The van der Waals surface area contributed by atoms with Gasteiger partial charge in [0, 0.05) is 5.92 Å². The molecule has 0 spiro atoms. The smallest absolute Gasteiger partial charge is 0.297 e. The van der Waals surface area contributed by atoms with Crippen LogP contribution in [-0.4, -0.2) is 5.27 Å². The van der Waals surface area contributed by atoms with Crippen molar-refractivity contribution in [3.05, 3.63) is 5.69 Å². The fourth-order valence-corrected chi connectivity index (χ4v) is 1.22. The number of halogens is 1. The minimum absolute atomic E-state index is 0.311. The average molecular weight is 191 g/mol. The first kappa shape index (κ1) is 9.32. The third-order valence-electron chi connectivity index (χ3n) is 1.50. The zero-order valence-electron chi connectivity index (χ0n) is 7.25. The fraction of sp³-hybridized carbons (Fsp3) is 0.714. The van der Waals surface area contributed by atoms with Gasteiger partial charge in [0.1, 0.15) is 5.88 Å². The van der Waals surface area contributed by atoms with Gasteiger partial charge in [-0.1, -0.05) is 13.8 Å². The van der Waals surface area contributed by atoms with E-state index in [4.69, 9.17) is 21.9 Å². The van der Waals surface area contributed by atoms with Crippen LogP contribution in [-0.2, 0) is 12.4 Å². The van der Waals surface area contributed by atoms with Crippen LogP contribution < -0.4 is 10.4 Å². The summed E-state index contributed by atoms with van der Waals surface area (Å²) in [6.45, 7) is 4.97. The van der Waals surface area contributed by atoms with Crippen LogP contribution in [0.5, 0.6) is 0 Å². The Balaban J connectivity index is 2.84. The molecule has 5 heteroatoms. The quantitative estimate of drug-likeness (QED) is 0.570. The van der Waals surface area contributed by atoms with Crippen LogP contribution in [0.1, 0.15) is 19.5 Å². The monoisotopic (exact) mass is 190 g/mol. The number of aromatic nitrogens is 2. The van der Waals surface area contributed by atoms with Gasteiger partial charge in [0.2, 0.25) is 5.27 Å². The molecule has 0 unspecified atom stereocenters. The molecule has 0 aliphatic heterocycles. The molecule has 0 aliphatic rings. The summed E-state index contributed by atoms with van der Waals surface area (Å²) in [4.78, 5) is 0. The molecule has 2 N–H and O–H groups in total. The second kappa shape index (κ2) is 3.76. The largest absolute Gasteiger partial charge is 0.362 e. The molecular weight excluding hydrogens is 178 g/mol. The van der Waals surface area contributed by atoms with Gasteiger partial charge in [-0.15, -0.1) is 11.6 Å². The van der Waals surface area contributed by atoms with Crippen molar-refractivity contribution >= 4 is 17.5 Å². The maximum absolute atomic E-state index is 5.66. The second-order valence-corrected chi connectivity index (χ2v) is 3.36. The number of anilines is 1. The third kappa shape index (κ3) is 1.88. The van der Waals surface area contributed by atoms with Gasteiger partial charge in [0.25, 0.3) is 11.6 Å². The minimum atomic E-state index is 0.311. The van der Waals surface area contributed by atoms with Gasteiger partial charge in [0.05, 0.1) is 0 Å². The standard InChI is InChI=1S/C7H13ClN3O/c1-5(2)4-11-6(3-8)7(9)12-10-11/h5H,3-4,9H2,1-2H3/q+1. The highest BCUT2D eigenvalue weighted by atomic mass is 35.5. The molecule has 1 aromatic heterocycles. The Morgan fingerprint density at radius 1 is 1.67 bits per heavy atom. The Labute approximate surface area is 76.3 Å². The Hall–Kier alpha value is -0.770. The number of hydrogen-bond acceptors (Lipinski definition) is 3. The number of nitrogens with zero attached hydrogens (tertiary/aromatic N) is 2. The summed E-state index contributed by atoms with van der Waals surface area (Å²) in [5.74, 6) is 1.15. The van der Waals surface area contributed by atoms with Crippen LogP contribution in [0.15, 0.2) is 4.52 Å². The third-order valence-corrected chi connectivity index (χ3v) is 1.75. The lowest BCUT2D eigenvalue weighted by Gasteiger charge is -1.94. The van der Waals surface area contributed by atoms with Crippen LogP contribution in [0, 0.1) is 5.92 Å². The first-order valence-corrected chi connectivity index (χ1v) is 4.38. The van der Waals surface area contributed by atoms with Crippen molar-refractivity contribution in [2.75, 3.05) is 5.73 Å². The maximum atomic E-state index is 5.66. The van der Waals surface area contributed by atoms with Gasteiger partial charge in [-0.05, 0) is 4.68 Å². The van der Waals surface area contributed by atoms with Crippen molar-refractivity contribution in [2.24, 2.45) is 5.92 Å². The molecule has 0 saturated carbocycles. The molecule has 1 heterocycles. The number of hydrogen-bond donors (Lipinski definition) is 1. The molecule has 1 aromatic rings. The number of nitrogen functional groups attached to an aromatic ring is 1. The lowest BCUT2D eigenvalue weighted by atomic mass is 10.2. The highest BCUT2D eigenvalue weighted by molar-refractivity contribution is 6.17. The van der Waals surface area contributed by atoms with E-state index in [1.807, 2.05) is 0 Å². The number of alkyl halides is 1. The molecule has 0 atom stereocenters. The Bertz CT molecular complexity index is 259. The van der Waals surface area contributed by atoms with Gasteiger partial charge in [-0.2, -0.15) is 0 Å². The lowest BCUT2D eigenvalue weighted by molar-refractivity contribution is -0.771. The summed E-state index contributed by atoms with van der Waals surface area (Å²) in [6.07, 6.45) is 0. The molecule has 0 bridgehead atoms. The summed E-state index contributed by atoms with van der Waals surface area (Å²) in [5, 5.41) is 3.76. The molecule has 0 amide bonds. The molecule has 0 aliphatic carbocycles. The van der Waals surface area contributed by atoms with E-state index in [9.17, 15) is 0 Å². The van der Waals surface area contributed by atoms with E-state index in [0.717, 1.165) is 12.2 Å². The number of rotatable bonds is 3. The van der Waals surface area contributed by atoms with Crippen LogP contribution in [0.2, 0.25) is 0 Å².